The van der Waals surface area contributed by atoms with Crippen LogP contribution in [0.15, 0.2) is 23.1 Å². The average molecular weight is 312 g/mol. The molecule has 1 rings (SSSR count). The van der Waals surface area contributed by atoms with E-state index in [1.165, 1.54) is 0 Å². The first-order chi connectivity index (χ1) is 9.64. The summed E-state index contributed by atoms with van der Waals surface area (Å²) in [4.78, 5) is 0.291. The predicted octanol–water partition coefficient (Wildman–Crippen LogP) is 2.67. The monoisotopic (exact) mass is 312 g/mol. The third-order valence-corrected chi connectivity index (χ3v) is 5.77. The van der Waals surface area contributed by atoms with E-state index in [1.54, 1.807) is 12.1 Å². The molecule has 1 aromatic rings. The van der Waals surface area contributed by atoms with Gasteiger partial charge in [0.1, 0.15) is 0 Å². The zero-order valence-corrected chi connectivity index (χ0v) is 14.5. The summed E-state index contributed by atoms with van der Waals surface area (Å²) in [5, 5.41) is 0. The van der Waals surface area contributed by atoms with Crippen LogP contribution in [0.4, 0.5) is 0 Å². The van der Waals surface area contributed by atoms with Crippen LogP contribution in [0.3, 0.4) is 0 Å². The highest BCUT2D eigenvalue weighted by Crippen LogP contribution is 2.25. The third kappa shape index (κ3) is 4.53. The van der Waals surface area contributed by atoms with Crippen LogP contribution in [0.25, 0.3) is 0 Å². The fraction of sp³-hybridized carbons (Fsp3) is 0.625. The minimum Gasteiger partial charge on any atom is -0.326 e. The second kappa shape index (κ2) is 6.90. The quantitative estimate of drug-likeness (QED) is 0.813. The number of rotatable bonds is 7. The summed E-state index contributed by atoms with van der Waals surface area (Å²) in [7, 11) is -3.49. The van der Waals surface area contributed by atoms with Crippen LogP contribution in [0.1, 0.15) is 45.7 Å². The largest absolute Gasteiger partial charge is 0.326 e. The molecule has 0 heterocycles. The van der Waals surface area contributed by atoms with Crippen LogP contribution in [-0.4, -0.2) is 15.0 Å². The zero-order valence-electron chi connectivity index (χ0n) is 13.7. The smallest absolute Gasteiger partial charge is 0.240 e. The fourth-order valence-electron chi connectivity index (χ4n) is 1.87. The molecule has 0 aromatic heterocycles. The summed E-state index contributed by atoms with van der Waals surface area (Å²) in [5.41, 5.74) is 7.60. The summed E-state index contributed by atoms with van der Waals surface area (Å²) in [5.74, 6) is 0.391. The maximum Gasteiger partial charge on any atom is 0.240 e. The molecular weight excluding hydrogens is 284 g/mol. The number of hydrogen-bond donors (Lipinski definition) is 2. The van der Waals surface area contributed by atoms with E-state index in [1.807, 2.05) is 13.0 Å². The molecule has 0 amide bonds. The van der Waals surface area contributed by atoms with Crippen molar-refractivity contribution >= 4 is 10.0 Å². The second-order valence-corrected chi connectivity index (χ2v) is 8.22. The summed E-state index contributed by atoms with van der Waals surface area (Å²) in [6.07, 6.45) is 0.848. The molecule has 0 fully saturated rings. The number of sulfonamides is 1. The lowest BCUT2D eigenvalue weighted by molar-refractivity contribution is 0.252. The van der Waals surface area contributed by atoms with Gasteiger partial charge in [0.05, 0.1) is 4.90 Å². The predicted molar refractivity (Wildman–Crippen MR) is 87.5 cm³/mol. The average Bonchev–Trinajstić information content (AvgIpc) is 2.44. The van der Waals surface area contributed by atoms with Gasteiger partial charge in [0.25, 0.3) is 0 Å². The summed E-state index contributed by atoms with van der Waals surface area (Å²) >= 11 is 0. The Bertz CT molecular complexity index is 578. The molecule has 0 atom stereocenters. The van der Waals surface area contributed by atoms with E-state index in [0.29, 0.717) is 23.9 Å². The van der Waals surface area contributed by atoms with Crippen molar-refractivity contribution < 1.29 is 8.42 Å². The van der Waals surface area contributed by atoms with Crippen LogP contribution >= 0.6 is 0 Å². The Hall–Kier alpha value is -0.910. The molecule has 0 aliphatic heterocycles. The zero-order chi connectivity index (χ0) is 16.3. The van der Waals surface area contributed by atoms with E-state index < -0.39 is 10.0 Å². The molecule has 0 unspecified atom stereocenters. The minimum atomic E-state index is -3.49. The second-order valence-electron chi connectivity index (χ2n) is 6.46. The lowest BCUT2D eigenvalue weighted by atomic mass is 9.81. The molecule has 0 radical (unpaired) electrons. The van der Waals surface area contributed by atoms with Gasteiger partial charge in [0, 0.05) is 13.1 Å². The lowest BCUT2D eigenvalue weighted by Crippen LogP contribution is -2.37. The summed E-state index contributed by atoms with van der Waals surface area (Å²) in [6.45, 7) is 11.1. The van der Waals surface area contributed by atoms with E-state index in [-0.39, 0.29) is 5.41 Å². The maximum atomic E-state index is 12.4. The first kappa shape index (κ1) is 18.1. The molecule has 0 aliphatic carbocycles. The summed E-state index contributed by atoms with van der Waals surface area (Å²) in [6, 6.07) is 5.19. The Kier molecular flexibility index (Phi) is 5.96. The van der Waals surface area contributed by atoms with Crippen LogP contribution in [0.5, 0.6) is 0 Å². The van der Waals surface area contributed by atoms with Crippen molar-refractivity contribution in [1.82, 2.24) is 4.72 Å². The Labute approximate surface area is 129 Å². The van der Waals surface area contributed by atoms with Gasteiger partial charge in [-0.1, -0.05) is 40.7 Å². The molecule has 3 N–H and O–H groups in total. The number of nitrogens with one attached hydrogen (secondary N) is 1. The van der Waals surface area contributed by atoms with Crippen molar-refractivity contribution in [2.75, 3.05) is 6.54 Å². The van der Waals surface area contributed by atoms with Gasteiger partial charge in [0.15, 0.2) is 0 Å². The molecule has 0 spiro atoms. The van der Waals surface area contributed by atoms with Crippen molar-refractivity contribution in [3.63, 3.8) is 0 Å². The highest BCUT2D eigenvalue weighted by molar-refractivity contribution is 7.89. The molecule has 0 bridgehead atoms. The van der Waals surface area contributed by atoms with Crippen LogP contribution < -0.4 is 10.5 Å². The van der Waals surface area contributed by atoms with Crippen LogP contribution in [-0.2, 0) is 23.0 Å². The van der Waals surface area contributed by atoms with Gasteiger partial charge in [-0.05, 0) is 41.0 Å². The highest BCUT2D eigenvalue weighted by Gasteiger charge is 2.25. The topological polar surface area (TPSA) is 72.2 Å². The number of hydrogen-bond acceptors (Lipinski definition) is 3. The Balaban J connectivity index is 2.98. The van der Waals surface area contributed by atoms with Gasteiger partial charge in [-0.25, -0.2) is 13.1 Å². The van der Waals surface area contributed by atoms with Gasteiger partial charge in [-0.3, -0.25) is 0 Å². The maximum absolute atomic E-state index is 12.4. The van der Waals surface area contributed by atoms with E-state index in [2.05, 4.69) is 32.4 Å². The number of aryl methyl sites for hydroxylation is 1. The molecule has 0 saturated carbocycles. The molecule has 0 aliphatic rings. The van der Waals surface area contributed by atoms with Gasteiger partial charge >= 0.3 is 0 Å². The fourth-order valence-corrected chi connectivity index (χ4v) is 3.15. The summed E-state index contributed by atoms with van der Waals surface area (Å²) < 4.78 is 27.6. The van der Waals surface area contributed by atoms with Crippen molar-refractivity contribution in [2.45, 2.75) is 52.5 Å². The third-order valence-electron chi connectivity index (χ3n) is 4.37. The molecule has 21 heavy (non-hydrogen) atoms. The van der Waals surface area contributed by atoms with Crippen molar-refractivity contribution in [3.05, 3.63) is 29.3 Å². The molecule has 4 nitrogen and oxygen atoms in total. The van der Waals surface area contributed by atoms with Crippen LogP contribution in [0.2, 0.25) is 0 Å². The normalized spacial score (nSPS) is 12.9. The van der Waals surface area contributed by atoms with Crippen molar-refractivity contribution in [1.29, 1.82) is 0 Å². The Morgan fingerprint density at radius 2 is 1.86 bits per heavy atom. The van der Waals surface area contributed by atoms with Gasteiger partial charge < -0.3 is 5.73 Å². The first-order valence-corrected chi connectivity index (χ1v) is 8.94. The van der Waals surface area contributed by atoms with Crippen molar-refractivity contribution in [3.8, 4) is 0 Å². The van der Waals surface area contributed by atoms with E-state index in [0.717, 1.165) is 17.5 Å². The lowest BCUT2D eigenvalue weighted by Gasteiger charge is -2.29. The molecule has 0 saturated heterocycles. The van der Waals surface area contributed by atoms with Gasteiger partial charge in [0.2, 0.25) is 10.0 Å². The minimum absolute atomic E-state index is 0.0902. The Morgan fingerprint density at radius 1 is 1.24 bits per heavy atom. The van der Waals surface area contributed by atoms with Crippen LogP contribution in [0, 0.1) is 11.3 Å². The molecular formula is C16H28N2O2S. The molecule has 5 heteroatoms. The molecule has 120 valence electrons. The van der Waals surface area contributed by atoms with E-state index in [4.69, 9.17) is 5.73 Å². The van der Waals surface area contributed by atoms with E-state index >= 15 is 0 Å². The standard InChI is InChI=1S/C16H28N2O2S/c1-6-13-7-8-15(9-14(13)10-17)21(19,20)18-11-16(4,5)12(2)3/h7-9,12,18H,6,10-11,17H2,1-5H3. The van der Waals surface area contributed by atoms with Gasteiger partial charge in [-0.15, -0.1) is 0 Å². The number of benzene rings is 1. The highest BCUT2D eigenvalue weighted by atomic mass is 32.2. The van der Waals surface area contributed by atoms with Gasteiger partial charge in [-0.2, -0.15) is 0 Å². The van der Waals surface area contributed by atoms with E-state index in [9.17, 15) is 8.42 Å². The molecule has 1 aromatic carbocycles. The Morgan fingerprint density at radius 3 is 2.33 bits per heavy atom. The van der Waals surface area contributed by atoms with Crippen molar-refractivity contribution in [2.24, 2.45) is 17.1 Å². The number of nitrogens with two attached hydrogens (primary N) is 1. The SMILES string of the molecule is CCc1ccc(S(=O)(=O)NCC(C)(C)C(C)C)cc1CN. The first-order valence-electron chi connectivity index (χ1n) is 7.45.